The van der Waals surface area contributed by atoms with Crippen LogP contribution in [0, 0.1) is 6.92 Å². The lowest BCUT2D eigenvalue weighted by molar-refractivity contribution is 0.598. The molecular formula is C6H9N3O2S. The molecule has 0 fully saturated rings. The molecule has 0 radical (unpaired) electrons. The van der Waals surface area contributed by atoms with Gasteiger partial charge in [0.25, 0.3) is 0 Å². The Morgan fingerprint density at radius 1 is 1.42 bits per heavy atom. The van der Waals surface area contributed by atoms with Gasteiger partial charge in [0.15, 0.2) is 14.9 Å². The predicted octanol–water partition coefficient (Wildman–Crippen LogP) is -0.229. The van der Waals surface area contributed by atoms with Gasteiger partial charge in [-0.2, -0.15) is 0 Å². The fourth-order valence-electron chi connectivity index (χ4n) is 0.752. The van der Waals surface area contributed by atoms with Crippen LogP contribution in [0.2, 0.25) is 0 Å². The van der Waals surface area contributed by atoms with Gasteiger partial charge in [-0.3, -0.25) is 0 Å². The standard InChI is InChI=1S/C6H9N3O2S/c1-4-3-5(12(2,10)11)9-6(7)8-4/h3H,1-2H3,(H2,7,8,9). The monoisotopic (exact) mass is 187 g/mol. The summed E-state index contributed by atoms with van der Waals surface area (Å²) in [6.07, 6.45) is 1.08. The van der Waals surface area contributed by atoms with Crippen LogP contribution in [-0.2, 0) is 9.84 Å². The van der Waals surface area contributed by atoms with E-state index in [1.807, 2.05) is 0 Å². The quantitative estimate of drug-likeness (QED) is 0.614. The maximum Gasteiger partial charge on any atom is 0.221 e. The Bertz CT molecular complexity index is 379. The molecule has 5 nitrogen and oxygen atoms in total. The molecule has 1 heterocycles. The highest BCUT2D eigenvalue weighted by Gasteiger charge is 2.10. The van der Waals surface area contributed by atoms with E-state index in [1.165, 1.54) is 6.07 Å². The number of hydrogen-bond donors (Lipinski definition) is 1. The average Bonchev–Trinajstić information content (AvgIpc) is 1.82. The van der Waals surface area contributed by atoms with Gasteiger partial charge >= 0.3 is 0 Å². The number of aryl methyl sites for hydroxylation is 1. The Morgan fingerprint density at radius 3 is 2.42 bits per heavy atom. The van der Waals surface area contributed by atoms with E-state index in [1.54, 1.807) is 6.92 Å². The maximum atomic E-state index is 11.0. The first kappa shape index (κ1) is 8.92. The van der Waals surface area contributed by atoms with Crippen molar-refractivity contribution >= 4 is 15.8 Å². The third-order valence-electron chi connectivity index (χ3n) is 1.23. The molecule has 0 unspecified atom stereocenters. The molecule has 0 bridgehead atoms. The first-order valence-electron chi connectivity index (χ1n) is 3.21. The third kappa shape index (κ3) is 1.91. The van der Waals surface area contributed by atoms with E-state index in [-0.39, 0.29) is 11.0 Å². The first-order chi connectivity index (χ1) is 5.39. The van der Waals surface area contributed by atoms with Gasteiger partial charge in [0.1, 0.15) is 0 Å². The molecule has 0 aliphatic carbocycles. The molecule has 0 spiro atoms. The van der Waals surface area contributed by atoms with Crippen LogP contribution in [0.25, 0.3) is 0 Å². The molecule has 0 aromatic carbocycles. The van der Waals surface area contributed by atoms with Crippen molar-refractivity contribution in [1.29, 1.82) is 0 Å². The summed E-state index contributed by atoms with van der Waals surface area (Å²) in [6.45, 7) is 1.66. The Morgan fingerprint density at radius 2 is 2.00 bits per heavy atom. The van der Waals surface area contributed by atoms with Gasteiger partial charge in [-0.15, -0.1) is 0 Å². The number of anilines is 1. The Balaban J connectivity index is 3.37. The van der Waals surface area contributed by atoms with Crippen molar-refractivity contribution in [3.05, 3.63) is 11.8 Å². The molecule has 12 heavy (non-hydrogen) atoms. The summed E-state index contributed by atoms with van der Waals surface area (Å²) in [5.41, 5.74) is 5.81. The number of nitrogens with zero attached hydrogens (tertiary/aromatic N) is 2. The van der Waals surface area contributed by atoms with Crippen LogP contribution in [0.15, 0.2) is 11.1 Å². The molecular weight excluding hydrogens is 178 g/mol. The van der Waals surface area contributed by atoms with E-state index >= 15 is 0 Å². The van der Waals surface area contributed by atoms with E-state index in [4.69, 9.17) is 5.73 Å². The lowest BCUT2D eigenvalue weighted by Crippen LogP contribution is -2.05. The van der Waals surface area contributed by atoms with Crippen molar-refractivity contribution < 1.29 is 8.42 Å². The Labute approximate surface area is 70.6 Å². The summed E-state index contributed by atoms with van der Waals surface area (Å²) in [5.74, 6) is -0.0181. The minimum atomic E-state index is -3.28. The van der Waals surface area contributed by atoms with E-state index < -0.39 is 9.84 Å². The maximum absolute atomic E-state index is 11.0. The SMILES string of the molecule is Cc1cc(S(C)(=O)=O)nc(N)n1. The van der Waals surface area contributed by atoms with Crippen molar-refractivity contribution in [3.8, 4) is 0 Å². The van der Waals surface area contributed by atoms with E-state index in [2.05, 4.69) is 9.97 Å². The molecule has 0 saturated carbocycles. The van der Waals surface area contributed by atoms with Crippen LogP contribution in [0.5, 0.6) is 0 Å². The van der Waals surface area contributed by atoms with Gasteiger partial charge in [0, 0.05) is 11.9 Å². The van der Waals surface area contributed by atoms with Crippen LogP contribution in [-0.4, -0.2) is 24.6 Å². The summed E-state index contributed by atoms with van der Waals surface area (Å²) in [4.78, 5) is 7.33. The number of aromatic nitrogens is 2. The zero-order valence-electron chi connectivity index (χ0n) is 6.77. The highest BCUT2D eigenvalue weighted by atomic mass is 32.2. The summed E-state index contributed by atoms with van der Waals surface area (Å²) in [5, 5.41) is -0.0347. The fourth-order valence-corrected chi connectivity index (χ4v) is 1.40. The van der Waals surface area contributed by atoms with Gasteiger partial charge < -0.3 is 5.73 Å². The topological polar surface area (TPSA) is 85.9 Å². The normalized spacial score (nSPS) is 11.5. The molecule has 0 atom stereocenters. The third-order valence-corrected chi connectivity index (χ3v) is 2.20. The van der Waals surface area contributed by atoms with Gasteiger partial charge in [-0.25, -0.2) is 18.4 Å². The number of rotatable bonds is 1. The van der Waals surface area contributed by atoms with Crippen LogP contribution in [0.3, 0.4) is 0 Å². The summed E-state index contributed by atoms with van der Waals surface area (Å²) >= 11 is 0. The molecule has 6 heteroatoms. The second-order valence-corrected chi connectivity index (χ2v) is 4.44. The van der Waals surface area contributed by atoms with Gasteiger partial charge in [-0.1, -0.05) is 0 Å². The first-order valence-corrected chi connectivity index (χ1v) is 5.10. The largest absolute Gasteiger partial charge is 0.368 e. The minimum Gasteiger partial charge on any atom is -0.368 e. The van der Waals surface area contributed by atoms with Gasteiger partial charge in [0.05, 0.1) is 0 Å². The van der Waals surface area contributed by atoms with Crippen LogP contribution in [0.1, 0.15) is 5.69 Å². The predicted molar refractivity (Wildman–Crippen MR) is 44.3 cm³/mol. The van der Waals surface area contributed by atoms with E-state index in [0.29, 0.717) is 5.69 Å². The Hall–Kier alpha value is -1.17. The smallest absolute Gasteiger partial charge is 0.221 e. The molecule has 1 aromatic heterocycles. The Kier molecular flexibility index (Phi) is 2.01. The van der Waals surface area contributed by atoms with E-state index in [9.17, 15) is 8.42 Å². The van der Waals surface area contributed by atoms with Crippen molar-refractivity contribution in [2.45, 2.75) is 11.9 Å². The highest BCUT2D eigenvalue weighted by Crippen LogP contribution is 2.07. The minimum absolute atomic E-state index is 0.0181. The number of sulfone groups is 1. The molecule has 1 aromatic rings. The molecule has 0 aliphatic rings. The summed E-state index contributed by atoms with van der Waals surface area (Å²) < 4.78 is 22.0. The molecule has 66 valence electrons. The number of hydrogen-bond acceptors (Lipinski definition) is 5. The van der Waals surface area contributed by atoms with E-state index in [0.717, 1.165) is 6.26 Å². The lowest BCUT2D eigenvalue weighted by atomic mass is 10.5. The van der Waals surface area contributed by atoms with Crippen molar-refractivity contribution in [2.24, 2.45) is 0 Å². The molecule has 0 aliphatic heterocycles. The van der Waals surface area contributed by atoms with Crippen molar-refractivity contribution in [3.63, 3.8) is 0 Å². The average molecular weight is 187 g/mol. The number of nitrogen functional groups attached to an aromatic ring is 1. The molecule has 2 N–H and O–H groups in total. The number of nitrogens with two attached hydrogens (primary N) is 1. The van der Waals surface area contributed by atoms with Crippen LogP contribution < -0.4 is 5.73 Å². The zero-order valence-corrected chi connectivity index (χ0v) is 7.59. The van der Waals surface area contributed by atoms with Gasteiger partial charge in [0.2, 0.25) is 5.95 Å². The van der Waals surface area contributed by atoms with Gasteiger partial charge in [-0.05, 0) is 13.0 Å². The van der Waals surface area contributed by atoms with Crippen LogP contribution >= 0.6 is 0 Å². The summed E-state index contributed by atoms with van der Waals surface area (Å²) in [7, 11) is -3.28. The molecule has 1 rings (SSSR count). The fraction of sp³-hybridized carbons (Fsp3) is 0.333. The zero-order chi connectivity index (χ0) is 9.35. The molecule has 0 saturated heterocycles. The highest BCUT2D eigenvalue weighted by molar-refractivity contribution is 7.90. The second-order valence-electron chi connectivity index (χ2n) is 2.48. The van der Waals surface area contributed by atoms with Crippen LogP contribution in [0.4, 0.5) is 5.95 Å². The second kappa shape index (κ2) is 2.71. The van der Waals surface area contributed by atoms with Crippen molar-refractivity contribution in [1.82, 2.24) is 9.97 Å². The summed E-state index contributed by atoms with van der Waals surface area (Å²) in [6, 6.07) is 1.38. The van der Waals surface area contributed by atoms with Crippen molar-refractivity contribution in [2.75, 3.05) is 12.0 Å². The molecule has 0 amide bonds. The lowest BCUT2D eigenvalue weighted by Gasteiger charge is -1.99.